The van der Waals surface area contributed by atoms with E-state index in [1.165, 1.54) is 19.3 Å². The lowest BCUT2D eigenvalue weighted by molar-refractivity contribution is -0.128. The number of anilines is 2. The summed E-state index contributed by atoms with van der Waals surface area (Å²) in [5.74, 6) is 0.631. The molecule has 0 spiro atoms. The van der Waals surface area contributed by atoms with Crippen molar-refractivity contribution in [2.75, 3.05) is 36.9 Å². The Hall–Kier alpha value is -2.12. The quantitative estimate of drug-likeness (QED) is 0.763. The minimum Gasteiger partial charge on any atom is -0.378 e. The van der Waals surface area contributed by atoms with Gasteiger partial charge in [-0.05, 0) is 37.0 Å². The lowest BCUT2D eigenvalue weighted by atomic mass is 9.84. The average Bonchev–Trinajstić information content (AvgIpc) is 2.51. The molecule has 1 atom stereocenters. The van der Waals surface area contributed by atoms with E-state index in [1.807, 2.05) is 0 Å². The zero-order chi connectivity index (χ0) is 16.9. The van der Waals surface area contributed by atoms with Gasteiger partial charge in [0.15, 0.2) is 0 Å². The fourth-order valence-corrected chi connectivity index (χ4v) is 3.15. The normalized spacial score (nSPS) is 21.8. The van der Waals surface area contributed by atoms with E-state index >= 15 is 0 Å². The number of carbonyl (C=O) groups is 2. The predicted molar refractivity (Wildman–Crippen MR) is 91.8 cm³/mol. The van der Waals surface area contributed by atoms with Crippen molar-refractivity contribution in [2.24, 2.45) is 11.7 Å². The Balaban J connectivity index is 1.62. The summed E-state index contributed by atoms with van der Waals surface area (Å²) in [7, 11) is 0. The first-order valence-corrected chi connectivity index (χ1v) is 8.41. The number of carbonyl (C=O) groups excluding carboxylic acids is 2. The summed E-state index contributed by atoms with van der Waals surface area (Å²) in [5.41, 5.74) is 6.29. The molecule has 7 nitrogen and oxygen atoms in total. The molecule has 1 saturated heterocycles. The van der Waals surface area contributed by atoms with Gasteiger partial charge < -0.3 is 21.1 Å². The third-order valence-electron chi connectivity index (χ3n) is 4.66. The average molecular weight is 332 g/mol. The number of morpholine rings is 1. The summed E-state index contributed by atoms with van der Waals surface area (Å²) < 4.78 is 5.50. The van der Waals surface area contributed by atoms with Crippen LogP contribution in [0.2, 0.25) is 0 Å². The molecule has 3 amide bonds. The van der Waals surface area contributed by atoms with Crippen molar-refractivity contribution in [1.82, 2.24) is 4.90 Å². The van der Waals surface area contributed by atoms with Gasteiger partial charge >= 0.3 is 6.03 Å². The molecule has 0 radical (unpaired) electrons. The monoisotopic (exact) mass is 332 g/mol. The molecule has 2 fully saturated rings. The molecule has 7 heteroatoms. The first kappa shape index (κ1) is 16.7. The zero-order valence-electron chi connectivity index (χ0n) is 13.7. The highest BCUT2D eigenvalue weighted by molar-refractivity contribution is 5.96. The largest absolute Gasteiger partial charge is 0.378 e. The smallest absolute Gasteiger partial charge is 0.316 e. The second-order valence-corrected chi connectivity index (χ2v) is 6.44. The molecule has 130 valence electrons. The van der Waals surface area contributed by atoms with Crippen molar-refractivity contribution in [3.05, 3.63) is 24.3 Å². The van der Waals surface area contributed by atoms with E-state index < -0.39 is 6.03 Å². The molecule has 24 heavy (non-hydrogen) atoms. The number of rotatable bonds is 5. The van der Waals surface area contributed by atoms with E-state index in [9.17, 15) is 9.59 Å². The predicted octanol–water partition coefficient (Wildman–Crippen LogP) is 1.62. The second kappa shape index (κ2) is 7.63. The number of hydrogen-bond donors (Lipinski definition) is 3. The van der Waals surface area contributed by atoms with E-state index in [4.69, 9.17) is 10.5 Å². The van der Waals surface area contributed by atoms with Gasteiger partial charge in [-0.3, -0.25) is 9.69 Å². The van der Waals surface area contributed by atoms with Gasteiger partial charge in [-0.25, -0.2) is 4.79 Å². The van der Waals surface area contributed by atoms with Crippen LogP contribution in [0.4, 0.5) is 16.2 Å². The van der Waals surface area contributed by atoms with Gasteiger partial charge in [0.05, 0.1) is 13.2 Å². The maximum atomic E-state index is 12.7. The van der Waals surface area contributed by atoms with Gasteiger partial charge in [-0.15, -0.1) is 0 Å². The first-order chi connectivity index (χ1) is 11.6. The van der Waals surface area contributed by atoms with Crippen molar-refractivity contribution < 1.29 is 14.3 Å². The van der Waals surface area contributed by atoms with Crippen molar-refractivity contribution in [2.45, 2.75) is 25.3 Å². The molecular weight excluding hydrogens is 308 g/mol. The summed E-state index contributed by atoms with van der Waals surface area (Å²) in [6, 6.07) is 6.03. The Morgan fingerprint density at radius 2 is 2.00 bits per heavy atom. The highest BCUT2D eigenvalue weighted by Gasteiger charge is 2.32. The highest BCUT2D eigenvalue weighted by atomic mass is 16.5. The molecule has 1 aromatic rings. The molecule has 1 aromatic carbocycles. The molecule has 0 bridgehead atoms. The summed E-state index contributed by atoms with van der Waals surface area (Å²) in [6.45, 7) is 2.84. The zero-order valence-corrected chi connectivity index (χ0v) is 13.7. The SMILES string of the molecule is NC(=O)Nc1cccc(NC(=O)C2COCCN2CC2CCC2)c1. The van der Waals surface area contributed by atoms with Crippen molar-refractivity contribution >= 4 is 23.3 Å². The maximum Gasteiger partial charge on any atom is 0.316 e. The molecule has 2 aliphatic rings. The molecule has 1 unspecified atom stereocenters. The van der Waals surface area contributed by atoms with Crippen LogP contribution in [0.3, 0.4) is 0 Å². The standard InChI is InChI=1S/C17H24N4O3/c18-17(23)20-14-6-2-5-13(9-14)19-16(22)15-11-24-8-7-21(15)10-12-3-1-4-12/h2,5-6,9,12,15H,1,3-4,7-8,10-11H2,(H,19,22)(H3,18,20,23). The molecule has 3 rings (SSSR count). The van der Waals surface area contributed by atoms with Crippen molar-refractivity contribution in [1.29, 1.82) is 0 Å². The lowest BCUT2D eigenvalue weighted by Gasteiger charge is -2.39. The number of nitrogens with one attached hydrogen (secondary N) is 2. The molecule has 1 aliphatic carbocycles. The number of hydrogen-bond acceptors (Lipinski definition) is 4. The lowest BCUT2D eigenvalue weighted by Crippen LogP contribution is -2.53. The number of nitrogens with two attached hydrogens (primary N) is 1. The van der Waals surface area contributed by atoms with Crippen LogP contribution in [0.25, 0.3) is 0 Å². The van der Waals surface area contributed by atoms with Gasteiger partial charge in [0.2, 0.25) is 5.91 Å². The van der Waals surface area contributed by atoms with Crippen LogP contribution >= 0.6 is 0 Å². The van der Waals surface area contributed by atoms with Crippen LogP contribution in [0, 0.1) is 5.92 Å². The van der Waals surface area contributed by atoms with E-state index in [0.29, 0.717) is 30.5 Å². The van der Waals surface area contributed by atoms with Crippen molar-refractivity contribution in [3.63, 3.8) is 0 Å². The molecule has 1 aliphatic heterocycles. The number of benzene rings is 1. The molecule has 1 saturated carbocycles. The number of nitrogens with zero attached hydrogens (tertiary/aromatic N) is 1. The molecular formula is C17H24N4O3. The Bertz CT molecular complexity index is 603. The van der Waals surface area contributed by atoms with E-state index in [1.54, 1.807) is 24.3 Å². The summed E-state index contributed by atoms with van der Waals surface area (Å²) in [5, 5.41) is 5.41. The van der Waals surface area contributed by atoms with Gasteiger partial charge in [0.1, 0.15) is 6.04 Å². The number of ether oxygens (including phenoxy) is 1. The van der Waals surface area contributed by atoms with Crippen LogP contribution in [-0.2, 0) is 9.53 Å². The summed E-state index contributed by atoms with van der Waals surface area (Å²) >= 11 is 0. The Kier molecular flexibility index (Phi) is 5.32. The summed E-state index contributed by atoms with van der Waals surface area (Å²) in [6.07, 6.45) is 3.81. The maximum absolute atomic E-state index is 12.7. The van der Waals surface area contributed by atoms with Crippen LogP contribution in [-0.4, -0.2) is 49.2 Å². The Labute approximate surface area is 141 Å². The van der Waals surface area contributed by atoms with E-state index in [-0.39, 0.29) is 11.9 Å². The summed E-state index contributed by atoms with van der Waals surface area (Å²) in [4.78, 5) is 25.8. The Morgan fingerprint density at radius 3 is 2.67 bits per heavy atom. The minimum atomic E-state index is -0.633. The Morgan fingerprint density at radius 1 is 1.25 bits per heavy atom. The number of primary amides is 1. The number of amides is 3. The molecule has 0 aromatic heterocycles. The van der Waals surface area contributed by atoms with E-state index in [2.05, 4.69) is 15.5 Å². The van der Waals surface area contributed by atoms with Crippen LogP contribution in [0.1, 0.15) is 19.3 Å². The third-order valence-corrected chi connectivity index (χ3v) is 4.66. The van der Waals surface area contributed by atoms with E-state index in [0.717, 1.165) is 13.1 Å². The van der Waals surface area contributed by atoms with Crippen molar-refractivity contribution in [3.8, 4) is 0 Å². The highest BCUT2D eigenvalue weighted by Crippen LogP contribution is 2.28. The second-order valence-electron chi connectivity index (χ2n) is 6.44. The van der Waals surface area contributed by atoms with Gasteiger partial charge in [-0.1, -0.05) is 12.5 Å². The van der Waals surface area contributed by atoms with Crippen LogP contribution in [0.15, 0.2) is 24.3 Å². The molecule has 4 N–H and O–H groups in total. The fourth-order valence-electron chi connectivity index (χ4n) is 3.15. The third kappa shape index (κ3) is 4.24. The van der Waals surface area contributed by atoms with Gasteiger partial charge in [0.25, 0.3) is 0 Å². The van der Waals surface area contributed by atoms with Crippen LogP contribution < -0.4 is 16.4 Å². The fraction of sp³-hybridized carbons (Fsp3) is 0.529. The first-order valence-electron chi connectivity index (χ1n) is 8.41. The van der Waals surface area contributed by atoms with Gasteiger partial charge in [0, 0.05) is 24.5 Å². The molecule has 1 heterocycles. The van der Waals surface area contributed by atoms with Crippen LogP contribution in [0.5, 0.6) is 0 Å². The minimum absolute atomic E-state index is 0.0785. The number of urea groups is 1. The topological polar surface area (TPSA) is 96.7 Å². The van der Waals surface area contributed by atoms with Gasteiger partial charge in [-0.2, -0.15) is 0 Å².